The fourth-order valence-corrected chi connectivity index (χ4v) is 3.19. The lowest BCUT2D eigenvalue weighted by atomic mass is 10.1. The summed E-state index contributed by atoms with van der Waals surface area (Å²) in [5, 5.41) is 4.97. The Morgan fingerprint density at radius 1 is 1.28 bits per heavy atom. The van der Waals surface area contributed by atoms with E-state index in [2.05, 4.69) is 38.9 Å². The molecule has 25 heavy (non-hydrogen) atoms. The first kappa shape index (κ1) is 16.0. The van der Waals surface area contributed by atoms with Crippen LogP contribution in [0.15, 0.2) is 29.0 Å². The molecule has 0 N–H and O–H groups in total. The Labute approximate surface area is 145 Å². The van der Waals surface area contributed by atoms with E-state index in [1.165, 1.54) is 12.1 Å². The summed E-state index contributed by atoms with van der Waals surface area (Å²) in [5.74, 6) is 0.702. The number of aryl methyl sites for hydroxylation is 1. The van der Waals surface area contributed by atoms with Gasteiger partial charge >= 0.3 is 0 Å². The number of nitrogens with zero attached hydrogens (tertiary/aromatic N) is 5. The second-order valence-corrected chi connectivity index (χ2v) is 6.65. The normalized spacial score (nSPS) is 15.2. The molecule has 0 spiro atoms. The highest BCUT2D eigenvalue weighted by Gasteiger charge is 2.32. The van der Waals surface area contributed by atoms with Gasteiger partial charge in [-0.2, -0.15) is 0 Å². The van der Waals surface area contributed by atoms with Gasteiger partial charge in [-0.3, -0.25) is 4.90 Å². The van der Waals surface area contributed by atoms with Crippen LogP contribution >= 0.6 is 0 Å². The van der Waals surface area contributed by atoms with Crippen LogP contribution in [0.1, 0.15) is 17.0 Å². The molecule has 2 aromatic heterocycles. The molecule has 0 unspecified atom stereocenters. The third-order valence-electron chi connectivity index (χ3n) is 5.00. The van der Waals surface area contributed by atoms with Crippen molar-refractivity contribution in [1.29, 1.82) is 0 Å². The first-order valence-electron chi connectivity index (χ1n) is 8.30. The number of halogens is 1. The molecule has 0 atom stereocenters. The van der Waals surface area contributed by atoms with Gasteiger partial charge in [0.2, 0.25) is 0 Å². The number of hydrogen-bond acceptors (Lipinski definition) is 6. The standard InChI is InChI=1S/C18H20FN5O/c1-11-12(2)20-10-21-18(11)24-7-14(8-24)23(3)9-16-15-5-4-13(19)6-17(15)25-22-16/h4-6,10,14H,7-9H2,1-3H3. The lowest BCUT2D eigenvalue weighted by Crippen LogP contribution is -2.58. The van der Waals surface area contributed by atoms with Crippen molar-refractivity contribution >= 4 is 16.8 Å². The minimum Gasteiger partial charge on any atom is -0.356 e. The van der Waals surface area contributed by atoms with Gasteiger partial charge in [0.1, 0.15) is 23.7 Å². The molecule has 6 nitrogen and oxygen atoms in total. The summed E-state index contributed by atoms with van der Waals surface area (Å²) in [7, 11) is 2.07. The second-order valence-electron chi connectivity index (χ2n) is 6.65. The molecule has 7 heteroatoms. The zero-order chi connectivity index (χ0) is 17.6. The molecule has 1 aliphatic heterocycles. The van der Waals surface area contributed by atoms with Crippen molar-refractivity contribution in [3.63, 3.8) is 0 Å². The largest absolute Gasteiger partial charge is 0.356 e. The topological polar surface area (TPSA) is 58.3 Å². The molecule has 130 valence electrons. The lowest BCUT2D eigenvalue weighted by molar-refractivity contribution is 0.192. The van der Waals surface area contributed by atoms with Crippen molar-refractivity contribution < 1.29 is 8.91 Å². The average Bonchev–Trinajstić information content (AvgIpc) is 2.92. The molecule has 0 saturated carbocycles. The lowest BCUT2D eigenvalue weighted by Gasteiger charge is -2.45. The highest BCUT2D eigenvalue weighted by atomic mass is 19.1. The summed E-state index contributed by atoms with van der Waals surface area (Å²) in [6.07, 6.45) is 1.62. The predicted molar refractivity (Wildman–Crippen MR) is 92.9 cm³/mol. The fraction of sp³-hybridized carbons (Fsp3) is 0.389. The van der Waals surface area contributed by atoms with Crippen LogP contribution in [0.4, 0.5) is 10.2 Å². The Morgan fingerprint density at radius 2 is 2.08 bits per heavy atom. The fourth-order valence-electron chi connectivity index (χ4n) is 3.19. The molecule has 0 radical (unpaired) electrons. The number of rotatable bonds is 4. The molecule has 1 fully saturated rings. The molecular weight excluding hydrogens is 321 g/mol. The van der Waals surface area contributed by atoms with E-state index < -0.39 is 0 Å². The summed E-state index contributed by atoms with van der Waals surface area (Å²) >= 11 is 0. The average molecular weight is 341 g/mol. The minimum absolute atomic E-state index is 0.311. The first-order valence-corrected chi connectivity index (χ1v) is 8.30. The first-order chi connectivity index (χ1) is 12.0. The number of fused-ring (bicyclic) bond motifs is 1. The van der Waals surface area contributed by atoms with E-state index in [1.807, 2.05) is 6.92 Å². The van der Waals surface area contributed by atoms with Gasteiger partial charge < -0.3 is 9.42 Å². The van der Waals surface area contributed by atoms with Crippen molar-refractivity contribution in [3.8, 4) is 0 Å². The smallest absolute Gasteiger partial charge is 0.170 e. The Morgan fingerprint density at radius 3 is 2.88 bits per heavy atom. The highest BCUT2D eigenvalue weighted by molar-refractivity contribution is 5.79. The van der Waals surface area contributed by atoms with E-state index >= 15 is 0 Å². The molecule has 0 aliphatic carbocycles. The number of benzene rings is 1. The van der Waals surface area contributed by atoms with Crippen molar-refractivity contribution in [3.05, 3.63) is 47.3 Å². The SMILES string of the molecule is Cc1ncnc(N2CC(N(C)Cc3noc4cc(F)ccc34)C2)c1C. The van der Waals surface area contributed by atoms with Gasteiger partial charge in [0.25, 0.3) is 0 Å². The van der Waals surface area contributed by atoms with Crippen molar-refractivity contribution in [2.24, 2.45) is 0 Å². The van der Waals surface area contributed by atoms with Crippen LogP contribution in [0.5, 0.6) is 0 Å². The molecule has 0 amide bonds. The van der Waals surface area contributed by atoms with Crippen LogP contribution in [-0.2, 0) is 6.54 Å². The van der Waals surface area contributed by atoms with Gasteiger partial charge in [-0.05, 0) is 33.0 Å². The summed E-state index contributed by atoms with van der Waals surface area (Å²) in [6, 6.07) is 4.96. The van der Waals surface area contributed by atoms with E-state index in [0.29, 0.717) is 18.2 Å². The van der Waals surface area contributed by atoms with E-state index in [1.54, 1.807) is 12.4 Å². The Balaban J connectivity index is 1.43. The third-order valence-corrected chi connectivity index (χ3v) is 5.00. The number of likely N-dealkylation sites (N-methyl/N-ethyl adjacent to an activating group) is 1. The van der Waals surface area contributed by atoms with Gasteiger partial charge in [0.05, 0.1) is 0 Å². The van der Waals surface area contributed by atoms with Gasteiger partial charge in [-0.1, -0.05) is 5.16 Å². The summed E-state index contributed by atoms with van der Waals surface area (Å²) < 4.78 is 18.5. The van der Waals surface area contributed by atoms with Crippen LogP contribution < -0.4 is 4.90 Å². The zero-order valence-electron chi connectivity index (χ0n) is 14.5. The summed E-state index contributed by atoms with van der Waals surface area (Å²) in [6.45, 7) is 6.56. The van der Waals surface area contributed by atoms with E-state index in [0.717, 1.165) is 41.2 Å². The maximum atomic E-state index is 13.3. The van der Waals surface area contributed by atoms with Crippen LogP contribution in [0.2, 0.25) is 0 Å². The van der Waals surface area contributed by atoms with Gasteiger partial charge in [0, 0.05) is 48.4 Å². The van der Waals surface area contributed by atoms with Crippen molar-refractivity contribution in [2.45, 2.75) is 26.4 Å². The molecule has 3 aromatic rings. The zero-order valence-corrected chi connectivity index (χ0v) is 14.5. The molecule has 4 rings (SSSR count). The summed E-state index contributed by atoms with van der Waals surface area (Å²) in [4.78, 5) is 13.2. The predicted octanol–water partition coefficient (Wildman–Crippen LogP) is 2.69. The Kier molecular flexibility index (Phi) is 3.88. The van der Waals surface area contributed by atoms with E-state index in [4.69, 9.17) is 4.52 Å². The van der Waals surface area contributed by atoms with Gasteiger partial charge in [-0.15, -0.1) is 0 Å². The Hall–Kier alpha value is -2.54. The monoisotopic (exact) mass is 341 g/mol. The van der Waals surface area contributed by atoms with Gasteiger partial charge in [-0.25, -0.2) is 14.4 Å². The van der Waals surface area contributed by atoms with E-state index in [9.17, 15) is 4.39 Å². The van der Waals surface area contributed by atoms with Crippen molar-refractivity contribution in [2.75, 3.05) is 25.0 Å². The minimum atomic E-state index is -0.311. The third kappa shape index (κ3) is 2.84. The maximum absolute atomic E-state index is 13.3. The molecular formula is C18H20FN5O. The number of aromatic nitrogens is 3. The van der Waals surface area contributed by atoms with Crippen LogP contribution in [0.3, 0.4) is 0 Å². The number of anilines is 1. The molecule has 3 heterocycles. The Bertz CT molecular complexity index is 919. The van der Waals surface area contributed by atoms with Gasteiger partial charge in [0.15, 0.2) is 5.58 Å². The maximum Gasteiger partial charge on any atom is 0.170 e. The van der Waals surface area contributed by atoms with Crippen molar-refractivity contribution in [1.82, 2.24) is 20.0 Å². The molecule has 1 saturated heterocycles. The van der Waals surface area contributed by atoms with Crippen LogP contribution in [0.25, 0.3) is 11.0 Å². The number of hydrogen-bond donors (Lipinski definition) is 0. The second kappa shape index (κ2) is 6.07. The highest BCUT2D eigenvalue weighted by Crippen LogP contribution is 2.27. The van der Waals surface area contributed by atoms with Crippen LogP contribution in [0, 0.1) is 19.7 Å². The molecule has 1 aromatic carbocycles. The summed E-state index contributed by atoms with van der Waals surface area (Å²) in [5.41, 5.74) is 3.48. The molecule has 1 aliphatic rings. The van der Waals surface area contributed by atoms with E-state index in [-0.39, 0.29) is 5.82 Å². The van der Waals surface area contributed by atoms with Crippen LogP contribution in [-0.4, -0.2) is 46.2 Å². The molecule has 0 bridgehead atoms. The quantitative estimate of drug-likeness (QED) is 0.727.